The van der Waals surface area contributed by atoms with E-state index >= 15 is 0 Å². The lowest BCUT2D eigenvalue weighted by atomic mass is 10.0. The predicted molar refractivity (Wildman–Crippen MR) is 152 cm³/mol. The van der Waals surface area contributed by atoms with E-state index in [1.807, 2.05) is 67.7 Å². The largest absolute Gasteiger partial charge is 0.494 e. The summed E-state index contributed by atoms with van der Waals surface area (Å²) >= 11 is 6.70. The Hall–Kier alpha value is -2.95. The van der Waals surface area contributed by atoms with Crippen LogP contribution in [0.5, 0.6) is 5.75 Å². The summed E-state index contributed by atoms with van der Waals surface area (Å²) in [6, 6.07) is 15.3. The minimum absolute atomic E-state index is 0.0461. The zero-order valence-corrected chi connectivity index (χ0v) is 23.0. The standard InChI is InChI=1S/C27H27N3O4S3/c1-3-12-34-22-9-10-23(18(2)14-22)25-19(16-29(28-25)20-7-5-4-6-8-20)15-24-26(31)30(27(35)36-24)21-11-13-37(32,33)17-21/h4-10,14-16,21H,3,11-13,17H2,1-2H3/b24-15-. The van der Waals surface area contributed by atoms with Crippen molar-refractivity contribution in [3.8, 4) is 22.7 Å². The first kappa shape index (κ1) is 25.7. The lowest BCUT2D eigenvalue weighted by Gasteiger charge is -2.20. The normalized spacial score (nSPS) is 20.2. The van der Waals surface area contributed by atoms with Gasteiger partial charge in [-0.3, -0.25) is 9.69 Å². The van der Waals surface area contributed by atoms with Crippen LogP contribution in [-0.4, -0.2) is 57.5 Å². The van der Waals surface area contributed by atoms with Crippen molar-refractivity contribution in [1.29, 1.82) is 0 Å². The van der Waals surface area contributed by atoms with E-state index < -0.39 is 15.9 Å². The number of rotatable bonds is 7. The molecule has 2 aromatic carbocycles. The number of para-hydroxylation sites is 1. The predicted octanol–water partition coefficient (Wildman–Crippen LogP) is 5.02. The van der Waals surface area contributed by atoms with Gasteiger partial charge in [0.05, 0.1) is 34.7 Å². The number of amides is 1. The molecule has 5 rings (SSSR count). The molecule has 1 atom stereocenters. The SMILES string of the molecule is CCCOc1ccc(-c2nn(-c3ccccc3)cc2/C=C2\SC(=S)N(C3CCS(=O)(=O)C3)C2=O)c(C)c1. The van der Waals surface area contributed by atoms with Gasteiger partial charge >= 0.3 is 0 Å². The number of thiocarbonyl (C=S) groups is 1. The van der Waals surface area contributed by atoms with Gasteiger partial charge in [-0.05, 0) is 61.7 Å². The molecule has 0 N–H and O–H groups in total. The summed E-state index contributed by atoms with van der Waals surface area (Å²) in [5.41, 5.74) is 4.34. The fourth-order valence-corrected chi connectivity index (χ4v) is 7.63. The van der Waals surface area contributed by atoms with Gasteiger partial charge in [0.15, 0.2) is 9.84 Å². The lowest BCUT2D eigenvalue weighted by molar-refractivity contribution is -0.123. The summed E-state index contributed by atoms with van der Waals surface area (Å²) in [6.07, 6.45) is 5.05. The highest BCUT2D eigenvalue weighted by atomic mass is 32.2. The zero-order chi connectivity index (χ0) is 26.2. The number of aromatic nitrogens is 2. The maximum absolute atomic E-state index is 13.4. The second kappa shape index (κ2) is 10.4. The third-order valence-corrected chi connectivity index (χ3v) is 9.45. The Morgan fingerprint density at radius 1 is 1.22 bits per heavy atom. The minimum Gasteiger partial charge on any atom is -0.494 e. The van der Waals surface area contributed by atoms with Crippen LogP contribution >= 0.6 is 24.0 Å². The van der Waals surface area contributed by atoms with Crippen molar-refractivity contribution in [2.45, 2.75) is 32.7 Å². The van der Waals surface area contributed by atoms with Crippen molar-refractivity contribution >= 4 is 50.1 Å². The maximum Gasteiger partial charge on any atom is 0.266 e. The minimum atomic E-state index is -3.15. The molecule has 3 aromatic rings. The molecule has 7 nitrogen and oxygen atoms in total. The van der Waals surface area contributed by atoms with Gasteiger partial charge < -0.3 is 4.74 Å². The molecule has 2 fully saturated rings. The molecule has 192 valence electrons. The van der Waals surface area contributed by atoms with Gasteiger partial charge in [0.2, 0.25) is 0 Å². The van der Waals surface area contributed by atoms with Gasteiger partial charge in [-0.15, -0.1) is 0 Å². The Bertz CT molecular complexity index is 1500. The monoisotopic (exact) mass is 553 g/mol. The summed E-state index contributed by atoms with van der Waals surface area (Å²) in [7, 11) is -3.15. The number of nitrogens with zero attached hydrogens (tertiary/aromatic N) is 3. The van der Waals surface area contributed by atoms with Gasteiger partial charge in [0.25, 0.3) is 5.91 Å². The molecule has 1 unspecified atom stereocenters. The number of hydrogen-bond acceptors (Lipinski definition) is 7. The molecule has 1 amide bonds. The van der Waals surface area contributed by atoms with Crippen LogP contribution in [-0.2, 0) is 14.6 Å². The molecule has 1 aromatic heterocycles. The van der Waals surface area contributed by atoms with Crippen molar-refractivity contribution in [1.82, 2.24) is 14.7 Å². The first-order valence-electron chi connectivity index (χ1n) is 12.1. The van der Waals surface area contributed by atoms with Crippen LogP contribution in [0.3, 0.4) is 0 Å². The molecule has 3 heterocycles. The highest BCUT2D eigenvalue weighted by Crippen LogP contribution is 2.38. The molecule has 10 heteroatoms. The van der Waals surface area contributed by atoms with E-state index in [2.05, 4.69) is 6.92 Å². The summed E-state index contributed by atoms with van der Waals surface area (Å²) in [6.45, 7) is 4.73. The molecule has 2 aliphatic heterocycles. The van der Waals surface area contributed by atoms with E-state index in [1.54, 1.807) is 4.68 Å². The number of sulfone groups is 1. The summed E-state index contributed by atoms with van der Waals surface area (Å²) in [5.74, 6) is 0.587. The molecule has 0 aliphatic carbocycles. The first-order chi connectivity index (χ1) is 17.8. The second-order valence-electron chi connectivity index (χ2n) is 9.15. The van der Waals surface area contributed by atoms with Gasteiger partial charge in [-0.1, -0.05) is 49.1 Å². The topological polar surface area (TPSA) is 81.5 Å². The van der Waals surface area contributed by atoms with Gasteiger partial charge in [0, 0.05) is 17.3 Å². The van der Waals surface area contributed by atoms with Crippen LogP contribution in [0.25, 0.3) is 23.0 Å². The van der Waals surface area contributed by atoms with E-state index in [0.717, 1.165) is 40.2 Å². The molecule has 2 saturated heterocycles. The fraction of sp³-hybridized carbons (Fsp3) is 0.296. The highest BCUT2D eigenvalue weighted by Gasteiger charge is 2.42. The molecule has 37 heavy (non-hydrogen) atoms. The molecular weight excluding hydrogens is 527 g/mol. The van der Waals surface area contributed by atoms with E-state index in [-0.39, 0.29) is 17.4 Å². The van der Waals surface area contributed by atoms with Crippen molar-refractivity contribution < 1.29 is 17.9 Å². The summed E-state index contributed by atoms with van der Waals surface area (Å²) in [4.78, 5) is 15.3. The second-order valence-corrected chi connectivity index (χ2v) is 13.1. The van der Waals surface area contributed by atoms with Crippen molar-refractivity contribution in [3.63, 3.8) is 0 Å². The zero-order valence-electron chi connectivity index (χ0n) is 20.6. The van der Waals surface area contributed by atoms with Gasteiger partial charge in [-0.2, -0.15) is 5.10 Å². The number of thioether (sulfide) groups is 1. The van der Waals surface area contributed by atoms with E-state index in [4.69, 9.17) is 22.1 Å². The number of benzene rings is 2. The third-order valence-electron chi connectivity index (χ3n) is 6.37. The molecule has 2 aliphatic rings. The maximum atomic E-state index is 13.4. The molecule has 0 radical (unpaired) electrons. The van der Waals surface area contributed by atoms with Crippen LogP contribution in [0.4, 0.5) is 0 Å². The van der Waals surface area contributed by atoms with Crippen LogP contribution < -0.4 is 4.74 Å². The van der Waals surface area contributed by atoms with Crippen molar-refractivity contribution in [2.75, 3.05) is 18.1 Å². The average molecular weight is 554 g/mol. The first-order valence-corrected chi connectivity index (χ1v) is 15.2. The summed E-state index contributed by atoms with van der Waals surface area (Å²) < 4.78 is 32.0. The summed E-state index contributed by atoms with van der Waals surface area (Å²) in [5, 5.41) is 4.89. The van der Waals surface area contributed by atoms with Gasteiger partial charge in [0.1, 0.15) is 15.8 Å². The third kappa shape index (κ3) is 5.37. The Balaban J connectivity index is 1.54. The smallest absolute Gasteiger partial charge is 0.266 e. The Kier molecular flexibility index (Phi) is 7.24. The van der Waals surface area contributed by atoms with Crippen LogP contribution in [0.2, 0.25) is 0 Å². The lowest BCUT2D eigenvalue weighted by Crippen LogP contribution is -2.39. The van der Waals surface area contributed by atoms with Crippen molar-refractivity contribution in [2.24, 2.45) is 0 Å². The number of ether oxygens (including phenoxy) is 1. The van der Waals surface area contributed by atoms with Gasteiger partial charge in [-0.25, -0.2) is 13.1 Å². The average Bonchev–Trinajstić information content (AvgIpc) is 3.53. The van der Waals surface area contributed by atoms with Crippen LogP contribution in [0.1, 0.15) is 30.9 Å². The Morgan fingerprint density at radius 3 is 2.68 bits per heavy atom. The number of carbonyl (C=O) groups excluding carboxylic acids is 1. The quantitative estimate of drug-likeness (QED) is 0.300. The number of carbonyl (C=O) groups is 1. The number of aryl methyl sites for hydroxylation is 1. The Labute approximate surface area is 226 Å². The molecule has 0 saturated carbocycles. The van der Waals surface area contributed by atoms with Crippen LogP contribution in [0.15, 0.2) is 59.6 Å². The molecule has 0 spiro atoms. The van der Waals surface area contributed by atoms with Crippen molar-refractivity contribution in [3.05, 3.63) is 70.8 Å². The van der Waals surface area contributed by atoms with E-state index in [0.29, 0.717) is 22.3 Å². The van der Waals surface area contributed by atoms with E-state index in [1.165, 1.54) is 16.7 Å². The highest BCUT2D eigenvalue weighted by molar-refractivity contribution is 8.26. The molecular formula is C27H27N3O4S3. The van der Waals surface area contributed by atoms with Crippen LogP contribution in [0, 0.1) is 6.92 Å². The fourth-order valence-electron chi connectivity index (χ4n) is 4.54. The Morgan fingerprint density at radius 2 is 2.00 bits per heavy atom. The van der Waals surface area contributed by atoms with E-state index in [9.17, 15) is 13.2 Å². The molecule has 0 bridgehead atoms. The number of hydrogen-bond donors (Lipinski definition) is 0.